The van der Waals surface area contributed by atoms with Crippen molar-refractivity contribution in [2.75, 3.05) is 14.2 Å². The van der Waals surface area contributed by atoms with Gasteiger partial charge in [-0.25, -0.2) is 0 Å². The third-order valence-electron chi connectivity index (χ3n) is 3.67. The monoisotopic (exact) mass is 263 g/mol. The van der Waals surface area contributed by atoms with Crippen molar-refractivity contribution in [3.8, 4) is 0 Å². The van der Waals surface area contributed by atoms with Gasteiger partial charge in [0.1, 0.15) is 11.5 Å². The highest BCUT2D eigenvalue weighted by molar-refractivity contribution is 5.76. The largest absolute Gasteiger partial charge is 0.497 e. The SMILES string of the molecule is COC1=C(OC)C2C(C=C1)C=C(C)NC2CC(C)=O. The van der Waals surface area contributed by atoms with Crippen LogP contribution in [0.3, 0.4) is 0 Å². The molecule has 4 heteroatoms. The molecule has 4 nitrogen and oxygen atoms in total. The van der Waals surface area contributed by atoms with Crippen LogP contribution in [0.5, 0.6) is 0 Å². The van der Waals surface area contributed by atoms with E-state index in [9.17, 15) is 4.79 Å². The molecule has 1 heterocycles. The summed E-state index contributed by atoms with van der Waals surface area (Å²) < 4.78 is 10.9. The topological polar surface area (TPSA) is 47.6 Å². The van der Waals surface area contributed by atoms with E-state index in [2.05, 4.69) is 17.5 Å². The average Bonchev–Trinajstić information content (AvgIpc) is 2.36. The van der Waals surface area contributed by atoms with Crippen LogP contribution in [0, 0.1) is 11.8 Å². The number of hydrogen-bond donors (Lipinski definition) is 1. The van der Waals surface area contributed by atoms with Gasteiger partial charge in [-0.15, -0.1) is 0 Å². The highest BCUT2D eigenvalue weighted by Gasteiger charge is 2.38. The van der Waals surface area contributed by atoms with E-state index >= 15 is 0 Å². The highest BCUT2D eigenvalue weighted by atomic mass is 16.5. The second kappa shape index (κ2) is 5.51. The molecule has 0 aromatic carbocycles. The van der Waals surface area contributed by atoms with E-state index in [1.54, 1.807) is 21.1 Å². The Hall–Kier alpha value is -1.71. The van der Waals surface area contributed by atoms with Gasteiger partial charge in [-0.1, -0.05) is 12.2 Å². The summed E-state index contributed by atoms with van der Waals surface area (Å²) >= 11 is 0. The first-order valence-corrected chi connectivity index (χ1v) is 6.51. The maximum absolute atomic E-state index is 11.5. The fourth-order valence-electron chi connectivity index (χ4n) is 2.96. The fraction of sp³-hybridized carbons (Fsp3) is 0.533. The molecule has 1 aliphatic carbocycles. The number of Topliss-reactive ketones (excluding diaryl/α,β-unsaturated/α-hetero) is 1. The zero-order chi connectivity index (χ0) is 14.0. The molecule has 2 aliphatic rings. The zero-order valence-electron chi connectivity index (χ0n) is 11.9. The first-order valence-electron chi connectivity index (χ1n) is 6.51. The Morgan fingerprint density at radius 2 is 2.11 bits per heavy atom. The van der Waals surface area contributed by atoms with Crippen molar-refractivity contribution in [1.82, 2.24) is 5.32 Å². The number of allylic oxidation sites excluding steroid dienone is 4. The third-order valence-corrected chi connectivity index (χ3v) is 3.67. The van der Waals surface area contributed by atoms with Crippen molar-refractivity contribution in [2.24, 2.45) is 11.8 Å². The lowest BCUT2D eigenvalue weighted by Crippen LogP contribution is -2.45. The second-order valence-electron chi connectivity index (χ2n) is 5.11. The molecule has 0 aromatic heterocycles. The van der Waals surface area contributed by atoms with Gasteiger partial charge in [0.2, 0.25) is 0 Å². The molecule has 0 fully saturated rings. The van der Waals surface area contributed by atoms with Gasteiger partial charge in [0.15, 0.2) is 5.76 Å². The summed E-state index contributed by atoms with van der Waals surface area (Å²) in [4.78, 5) is 11.5. The van der Waals surface area contributed by atoms with Gasteiger partial charge < -0.3 is 14.8 Å². The van der Waals surface area contributed by atoms with Crippen LogP contribution >= 0.6 is 0 Å². The maximum atomic E-state index is 11.5. The number of ether oxygens (including phenoxy) is 2. The molecule has 0 saturated heterocycles. The number of methoxy groups -OCH3 is 2. The van der Waals surface area contributed by atoms with E-state index < -0.39 is 0 Å². The third kappa shape index (κ3) is 2.67. The Bertz CT molecular complexity index is 462. The van der Waals surface area contributed by atoms with E-state index in [0.717, 1.165) is 17.2 Å². The summed E-state index contributed by atoms with van der Waals surface area (Å²) in [6.07, 6.45) is 6.72. The van der Waals surface area contributed by atoms with Gasteiger partial charge in [-0.3, -0.25) is 4.79 Å². The zero-order valence-corrected chi connectivity index (χ0v) is 11.9. The van der Waals surface area contributed by atoms with Crippen molar-refractivity contribution >= 4 is 5.78 Å². The highest BCUT2D eigenvalue weighted by Crippen LogP contribution is 2.38. The average molecular weight is 263 g/mol. The van der Waals surface area contributed by atoms with Crippen molar-refractivity contribution in [3.63, 3.8) is 0 Å². The molecule has 19 heavy (non-hydrogen) atoms. The van der Waals surface area contributed by atoms with Crippen LogP contribution < -0.4 is 5.32 Å². The molecule has 3 unspecified atom stereocenters. The first kappa shape index (κ1) is 13.7. The normalized spacial score (nSPS) is 29.3. The Labute approximate surface area is 114 Å². The van der Waals surface area contributed by atoms with Crippen molar-refractivity contribution in [1.29, 1.82) is 0 Å². The molecule has 0 bridgehead atoms. The van der Waals surface area contributed by atoms with Crippen LogP contribution in [0.4, 0.5) is 0 Å². The quantitative estimate of drug-likeness (QED) is 0.844. The van der Waals surface area contributed by atoms with E-state index in [1.807, 2.05) is 13.0 Å². The van der Waals surface area contributed by atoms with Gasteiger partial charge in [-0.05, 0) is 19.9 Å². The molecule has 0 aromatic rings. The maximum Gasteiger partial charge on any atom is 0.156 e. The number of carbonyl (C=O) groups excluding carboxylic acids is 1. The fourth-order valence-corrected chi connectivity index (χ4v) is 2.96. The van der Waals surface area contributed by atoms with Gasteiger partial charge >= 0.3 is 0 Å². The van der Waals surface area contributed by atoms with Gasteiger partial charge in [-0.2, -0.15) is 0 Å². The predicted octanol–water partition coefficient (Wildman–Crippen LogP) is 2.15. The second-order valence-corrected chi connectivity index (χ2v) is 5.11. The number of hydrogen-bond acceptors (Lipinski definition) is 4. The molecule has 104 valence electrons. The van der Waals surface area contributed by atoms with Crippen molar-refractivity contribution in [3.05, 3.63) is 35.4 Å². The Kier molecular flexibility index (Phi) is 3.98. The molecule has 0 saturated carbocycles. The molecule has 0 spiro atoms. The number of ketones is 1. The summed E-state index contributed by atoms with van der Waals surface area (Å²) in [7, 11) is 3.29. The summed E-state index contributed by atoms with van der Waals surface area (Å²) in [6.45, 7) is 3.65. The Morgan fingerprint density at radius 3 is 2.68 bits per heavy atom. The number of carbonyl (C=O) groups is 1. The minimum absolute atomic E-state index is 0.0533. The Balaban J connectivity index is 2.38. The molecule has 0 radical (unpaired) electrons. The minimum Gasteiger partial charge on any atom is -0.497 e. The lowest BCUT2D eigenvalue weighted by molar-refractivity contribution is -0.117. The molecule has 3 atom stereocenters. The minimum atomic E-state index is 0.0533. The Morgan fingerprint density at radius 1 is 1.37 bits per heavy atom. The summed E-state index contributed by atoms with van der Waals surface area (Å²) in [5.74, 6) is 2.09. The van der Waals surface area contributed by atoms with Crippen LogP contribution in [-0.4, -0.2) is 26.0 Å². The van der Waals surface area contributed by atoms with E-state index in [1.165, 1.54) is 0 Å². The summed E-state index contributed by atoms with van der Waals surface area (Å²) in [6, 6.07) is 0.0533. The van der Waals surface area contributed by atoms with E-state index in [-0.39, 0.29) is 23.7 Å². The van der Waals surface area contributed by atoms with Crippen LogP contribution in [0.1, 0.15) is 20.3 Å². The lowest BCUT2D eigenvalue weighted by atomic mass is 9.76. The van der Waals surface area contributed by atoms with Gasteiger partial charge in [0, 0.05) is 24.1 Å². The number of fused-ring (bicyclic) bond motifs is 1. The lowest BCUT2D eigenvalue weighted by Gasteiger charge is -2.39. The van der Waals surface area contributed by atoms with Crippen LogP contribution in [0.25, 0.3) is 0 Å². The number of nitrogens with one attached hydrogen (secondary N) is 1. The summed E-state index contributed by atoms with van der Waals surface area (Å²) in [5, 5.41) is 3.39. The molecule has 0 amide bonds. The number of rotatable bonds is 4. The molecule has 1 aliphatic heterocycles. The van der Waals surface area contributed by atoms with E-state index in [4.69, 9.17) is 9.47 Å². The van der Waals surface area contributed by atoms with Crippen LogP contribution in [-0.2, 0) is 14.3 Å². The van der Waals surface area contributed by atoms with Crippen LogP contribution in [0.2, 0.25) is 0 Å². The molecular formula is C15H21NO3. The molecular weight excluding hydrogens is 242 g/mol. The molecule has 2 rings (SSSR count). The van der Waals surface area contributed by atoms with Gasteiger partial charge in [0.25, 0.3) is 0 Å². The first-order chi connectivity index (χ1) is 9.06. The predicted molar refractivity (Wildman–Crippen MR) is 73.1 cm³/mol. The van der Waals surface area contributed by atoms with Crippen LogP contribution in [0.15, 0.2) is 35.4 Å². The standard InChI is InChI=1S/C15H21NO3/c1-9-7-11-5-6-13(18-3)15(19-4)14(11)12(16-9)8-10(2)17/h5-7,11-12,14,16H,8H2,1-4H3. The smallest absolute Gasteiger partial charge is 0.156 e. The van der Waals surface area contributed by atoms with Crippen molar-refractivity contribution in [2.45, 2.75) is 26.3 Å². The van der Waals surface area contributed by atoms with Gasteiger partial charge in [0.05, 0.1) is 20.1 Å². The summed E-state index contributed by atoms with van der Waals surface area (Å²) in [5.41, 5.74) is 1.11. The van der Waals surface area contributed by atoms with Crippen molar-refractivity contribution < 1.29 is 14.3 Å². The molecule has 1 N–H and O–H groups in total. The van der Waals surface area contributed by atoms with E-state index in [0.29, 0.717) is 6.42 Å².